The van der Waals surface area contributed by atoms with E-state index in [4.69, 9.17) is 4.74 Å². The first kappa shape index (κ1) is 25.6. The van der Waals surface area contributed by atoms with E-state index in [9.17, 15) is 19.1 Å². The lowest BCUT2D eigenvalue weighted by Gasteiger charge is -2.34. The number of para-hydroxylation sites is 1. The Morgan fingerprint density at radius 1 is 1.11 bits per heavy atom. The minimum atomic E-state index is -1.20. The van der Waals surface area contributed by atoms with Crippen LogP contribution in [0.2, 0.25) is 0 Å². The van der Waals surface area contributed by atoms with Crippen LogP contribution in [0.5, 0.6) is 11.5 Å². The molecule has 10 heteroatoms. The molecule has 0 saturated heterocycles. The summed E-state index contributed by atoms with van der Waals surface area (Å²) in [6.45, 7) is 5.22. The molecular weight excluding hydrogens is 477 g/mol. The Kier molecular flexibility index (Phi) is 7.10. The molecule has 4 aromatic rings. The molecule has 0 spiro atoms. The van der Waals surface area contributed by atoms with Crippen molar-refractivity contribution in [1.29, 1.82) is 0 Å². The SMILES string of the molecule is COc1ccc([C@H](C(=O)NC(C)(C)C)N(C(=O)Cn2nnc3ccccc32)c2ccc(F)cc2)cc1O. The lowest BCUT2D eigenvalue weighted by atomic mass is 10.00. The second-order valence-corrected chi connectivity index (χ2v) is 9.55. The Morgan fingerprint density at radius 2 is 1.81 bits per heavy atom. The van der Waals surface area contributed by atoms with Gasteiger partial charge in [-0.2, -0.15) is 0 Å². The Morgan fingerprint density at radius 3 is 2.46 bits per heavy atom. The van der Waals surface area contributed by atoms with Crippen LogP contribution in [0.1, 0.15) is 32.4 Å². The third-order valence-electron chi connectivity index (χ3n) is 5.60. The van der Waals surface area contributed by atoms with Crippen LogP contribution in [0.25, 0.3) is 11.0 Å². The van der Waals surface area contributed by atoms with Crippen LogP contribution in [-0.4, -0.2) is 44.6 Å². The lowest BCUT2D eigenvalue weighted by Crippen LogP contribution is -2.50. The second-order valence-electron chi connectivity index (χ2n) is 9.55. The lowest BCUT2D eigenvalue weighted by molar-refractivity contribution is -0.128. The number of rotatable bonds is 7. The predicted octanol–water partition coefficient (Wildman–Crippen LogP) is 3.97. The van der Waals surface area contributed by atoms with E-state index in [1.807, 2.05) is 32.9 Å². The van der Waals surface area contributed by atoms with Crippen LogP contribution in [-0.2, 0) is 16.1 Å². The smallest absolute Gasteiger partial charge is 0.249 e. The molecule has 0 fully saturated rings. The molecule has 4 rings (SSSR count). The van der Waals surface area contributed by atoms with Crippen molar-refractivity contribution in [3.05, 3.63) is 78.1 Å². The first-order valence-electron chi connectivity index (χ1n) is 11.6. The fraction of sp³-hybridized carbons (Fsp3) is 0.259. The van der Waals surface area contributed by atoms with Gasteiger partial charge in [-0.15, -0.1) is 5.10 Å². The maximum absolute atomic E-state index is 13.9. The second kappa shape index (κ2) is 10.3. The molecule has 2 amide bonds. The first-order valence-corrected chi connectivity index (χ1v) is 11.6. The summed E-state index contributed by atoms with van der Waals surface area (Å²) in [5, 5.41) is 21.6. The normalized spacial score (nSPS) is 12.2. The van der Waals surface area contributed by atoms with Crippen molar-refractivity contribution in [1.82, 2.24) is 20.3 Å². The van der Waals surface area contributed by atoms with E-state index in [2.05, 4.69) is 15.6 Å². The molecule has 0 saturated carbocycles. The largest absolute Gasteiger partial charge is 0.504 e. The number of amides is 2. The van der Waals surface area contributed by atoms with Gasteiger partial charge < -0.3 is 15.2 Å². The molecule has 0 unspecified atom stereocenters. The topological polar surface area (TPSA) is 110 Å². The summed E-state index contributed by atoms with van der Waals surface area (Å²) in [5.41, 5.74) is 1.27. The van der Waals surface area contributed by atoms with Crippen molar-refractivity contribution in [3.8, 4) is 11.5 Å². The Bertz CT molecular complexity index is 1430. The molecule has 0 radical (unpaired) electrons. The highest BCUT2D eigenvalue weighted by atomic mass is 19.1. The summed E-state index contributed by atoms with van der Waals surface area (Å²) in [5.74, 6) is -1.45. The fourth-order valence-corrected chi connectivity index (χ4v) is 4.01. The average molecular weight is 506 g/mol. The van der Waals surface area contributed by atoms with E-state index in [1.54, 1.807) is 18.2 Å². The zero-order chi connectivity index (χ0) is 26.7. The number of fused-ring (bicyclic) bond motifs is 1. The number of carbonyl (C=O) groups excluding carboxylic acids is 2. The van der Waals surface area contributed by atoms with Gasteiger partial charge in [-0.05, 0) is 74.9 Å². The molecule has 0 aliphatic carbocycles. The number of ether oxygens (including phenoxy) is 1. The standard InChI is InChI=1S/C27H28FN5O4/c1-27(2,3)29-26(36)25(17-9-14-23(37-4)22(34)15-17)33(19-12-10-18(28)11-13-19)24(35)16-32-21-8-6-5-7-20(21)30-31-32/h5-15,25,34H,16H2,1-4H3,(H,29,36)/t25-/m1/s1. The van der Waals surface area contributed by atoms with Gasteiger partial charge in [-0.3, -0.25) is 14.5 Å². The summed E-state index contributed by atoms with van der Waals surface area (Å²) in [6, 6.07) is 15.7. The number of hydrogen-bond acceptors (Lipinski definition) is 6. The quantitative estimate of drug-likeness (QED) is 0.393. The van der Waals surface area contributed by atoms with Crippen molar-refractivity contribution >= 4 is 28.5 Å². The summed E-state index contributed by atoms with van der Waals surface area (Å²) in [6.07, 6.45) is 0. The summed E-state index contributed by atoms with van der Waals surface area (Å²) >= 11 is 0. The van der Waals surface area contributed by atoms with E-state index in [1.165, 1.54) is 53.1 Å². The molecule has 192 valence electrons. The zero-order valence-electron chi connectivity index (χ0n) is 21.0. The third kappa shape index (κ3) is 5.69. The summed E-state index contributed by atoms with van der Waals surface area (Å²) < 4.78 is 20.4. The van der Waals surface area contributed by atoms with Crippen molar-refractivity contribution in [2.75, 3.05) is 12.0 Å². The molecule has 1 aromatic heterocycles. The van der Waals surface area contributed by atoms with Crippen LogP contribution in [0.15, 0.2) is 66.7 Å². The van der Waals surface area contributed by atoms with E-state index in [-0.39, 0.29) is 18.0 Å². The summed E-state index contributed by atoms with van der Waals surface area (Å²) in [7, 11) is 1.41. The van der Waals surface area contributed by atoms with Crippen molar-refractivity contribution in [2.45, 2.75) is 38.9 Å². The van der Waals surface area contributed by atoms with Gasteiger partial charge in [0, 0.05) is 11.2 Å². The number of methoxy groups -OCH3 is 1. The van der Waals surface area contributed by atoms with Gasteiger partial charge in [-0.1, -0.05) is 23.4 Å². The molecule has 2 N–H and O–H groups in total. The molecule has 1 heterocycles. The average Bonchev–Trinajstić information content (AvgIpc) is 3.24. The third-order valence-corrected chi connectivity index (χ3v) is 5.60. The van der Waals surface area contributed by atoms with Crippen LogP contribution in [0, 0.1) is 5.82 Å². The molecule has 9 nitrogen and oxygen atoms in total. The van der Waals surface area contributed by atoms with E-state index >= 15 is 0 Å². The van der Waals surface area contributed by atoms with Crippen LogP contribution in [0.3, 0.4) is 0 Å². The van der Waals surface area contributed by atoms with E-state index in [0.29, 0.717) is 22.3 Å². The number of nitrogens with zero attached hydrogens (tertiary/aromatic N) is 4. The zero-order valence-corrected chi connectivity index (χ0v) is 21.0. The highest BCUT2D eigenvalue weighted by Crippen LogP contribution is 2.34. The predicted molar refractivity (Wildman–Crippen MR) is 137 cm³/mol. The Balaban J connectivity index is 1.84. The summed E-state index contributed by atoms with van der Waals surface area (Å²) in [4.78, 5) is 28.9. The maximum atomic E-state index is 13.9. The Hall–Kier alpha value is -4.47. The van der Waals surface area contributed by atoms with Gasteiger partial charge in [0.1, 0.15) is 23.9 Å². The highest BCUT2D eigenvalue weighted by Gasteiger charge is 2.35. The van der Waals surface area contributed by atoms with Gasteiger partial charge in [0.05, 0.1) is 12.6 Å². The van der Waals surface area contributed by atoms with Crippen LogP contribution < -0.4 is 15.0 Å². The number of halogens is 1. The van der Waals surface area contributed by atoms with E-state index < -0.39 is 29.2 Å². The van der Waals surface area contributed by atoms with Crippen molar-refractivity contribution in [2.24, 2.45) is 0 Å². The maximum Gasteiger partial charge on any atom is 0.249 e. The number of benzene rings is 3. The Labute approximate surface area is 213 Å². The molecule has 37 heavy (non-hydrogen) atoms. The van der Waals surface area contributed by atoms with Crippen molar-refractivity contribution < 1.29 is 23.8 Å². The number of phenolic OH excluding ortho intramolecular Hbond substituents is 1. The van der Waals surface area contributed by atoms with Crippen LogP contribution in [0.4, 0.5) is 10.1 Å². The number of nitrogens with one attached hydrogen (secondary N) is 1. The number of anilines is 1. The molecule has 0 aliphatic heterocycles. The monoisotopic (exact) mass is 505 g/mol. The van der Waals surface area contributed by atoms with Crippen LogP contribution >= 0.6 is 0 Å². The van der Waals surface area contributed by atoms with Gasteiger partial charge in [0.15, 0.2) is 11.5 Å². The van der Waals surface area contributed by atoms with Gasteiger partial charge in [0.2, 0.25) is 11.8 Å². The number of hydrogen-bond donors (Lipinski definition) is 2. The number of carbonyl (C=O) groups is 2. The minimum Gasteiger partial charge on any atom is -0.504 e. The molecule has 3 aromatic carbocycles. The molecule has 0 aliphatic rings. The van der Waals surface area contributed by atoms with E-state index in [0.717, 1.165) is 0 Å². The molecular formula is C27H28FN5O4. The van der Waals surface area contributed by atoms with Gasteiger partial charge >= 0.3 is 0 Å². The number of phenols is 1. The highest BCUT2D eigenvalue weighted by molar-refractivity contribution is 6.01. The van der Waals surface area contributed by atoms with Gasteiger partial charge in [0.25, 0.3) is 0 Å². The first-order chi connectivity index (χ1) is 17.6. The number of aromatic nitrogens is 3. The fourth-order valence-electron chi connectivity index (χ4n) is 4.01. The van der Waals surface area contributed by atoms with Gasteiger partial charge in [-0.25, -0.2) is 9.07 Å². The molecule has 0 bridgehead atoms. The number of aromatic hydroxyl groups is 1. The minimum absolute atomic E-state index is 0.192. The molecule has 1 atom stereocenters. The van der Waals surface area contributed by atoms with Crippen molar-refractivity contribution in [3.63, 3.8) is 0 Å².